The topological polar surface area (TPSA) is 68.2 Å². The number of benzene rings is 1. The summed E-state index contributed by atoms with van der Waals surface area (Å²) in [6.45, 7) is 14.2. The zero-order valence-electron chi connectivity index (χ0n) is 21.6. The summed E-state index contributed by atoms with van der Waals surface area (Å²) < 4.78 is 18.9. The molecule has 0 bridgehead atoms. The largest absolute Gasteiger partial charge is 0.508 e. The van der Waals surface area contributed by atoms with Gasteiger partial charge in [-0.3, -0.25) is 0 Å². The van der Waals surface area contributed by atoms with Crippen molar-refractivity contribution < 1.29 is 24.1 Å². The van der Waals surface area contributed by atoms with Crippen molar-refractivity contribution in [3.63, 3.8) is 0 Å². The van der Waals surface area contributed by atoms with Gasteiger partial charge in [-0.2, -0.15) is 0 Å². The van der Waals surface area contributed by atoms with E-state index in [9.17, 15) is 9.90 Å². The maximum absolute atomic E-state index is 12.6. The molecule has 4 rings (SSSR count). The molecule has 0 aliphatic carbocycles. The van der Waals surface area contributed by atoms with E-state index in [1.807, 2.05) is 31.7 Å². The quantitative estimate of drug-likeness (QED) is 0.518. The van der Waals surface area contributed by atoms with Gasteiger partial charge in [-0.15, -0.1) is 0 Å². The van der Waals surface area contributed by atoms with E-state index in [1.54, 1.807) is 12.1 Å². The van der Waals surface area contributed by atoms with Crippen molar-refractivity contribution >= 4 is 6.09 Å². The van der Waals surface area contributed by atoms with Gasteiger partial charge in [0.25, 0.3) is 0 Å². The summed E-state index contributed by atoms with van der Waals surface area (Å²) in [7, 11) is 0. The Hall–Kier alpha value is -2.21. The second-order valence-electron chi connectivity index (χ2n) is 12.0. The molecule has 6 nitrogen and oxygen atoms in total. The second-order valence-corrected chi connectivity index (χ2v) is 12.0. The number of fused-ring (bicyclic) bond motifs is 3. The molecule has 3 aliphatic rings. The molecule has 1 aromatic carbocycles. The van der Waals surface area contributed by atoms with Crippen LogP contribution in [0.5, 0.6) is 11.5 Å². The Morgan fingerprint density at radius 1 is 1.26 bits per heavy atom. The number of ether oxygens (including phenoxy) is 3. The molecule has 1 amide bonds. The summed E-state index contributed by atoms with van der Waals surface area (Å²) in [5, 5.41) is 10.1. The monoisotopic (exact) mass is 471 g/mol. The molecule has 2 saturated heterocycles. The van der Waals surface area contributed by atoms with Crippen molar-refractivity contribution in [1.29, 1.82) is 0 Å². The van der Waals surface area contributed by atoms with Crippen molar-refractivity contribution in [2.75, 3.05) is 19.7 Å². The Morgan fingerprint density at radius 3 is 2.62 bits per heavy atom. The Morgan fingerprint density at radius 2 is 1.97 bits per heavy atom. The molecular weight excluding hydrogens is 430 g/mol. The molecule has 188 valence electrons. The van der Waals surface area contributed by atoms with Crippen LogP contribution in [0, 0.1) is 11.3 Å². The second kappa shape index (κ2) is 9.10. The molecular formula is C28H41NO5. The first-order valence-electron chi connectivity index (χ1n) is 12.6. The fraction of sp³-hybridized carbons (Fsp3) is 0.679. The Labute approximate surface area is 204 Å². The lowest BCUT2D eigenvalue weighted by Crippen LogP contribution is -2.56. The van der Waals surface area contributed by atoms with E-state index in [4.69, 9.17) is 14.2 Å². The number of nitrogens with zero attached hydrogens (tertiary/aromatic N) is 1. The fourth-order valence-corrected chi connectivity index (χ4v) is 5.76. The molecule has 3 atom stereocenters. The van der Waals surface area contributed by atoms with Crippen LogP contribution in [0.4, 0.5) is 4.79 Å². The van der Waals surface area contributed by atoms with Crippen LogP contribution in [0.15, 0.2) is 29.8 Å². The minimum absolute atomic E-state index is 0.0230. The lowest BCUT2D eigenvalue weighted by molar-refractivity contribution is -0.179. The van der Waals surface area contributed by atoms with Gasteiger partial charge in [-0.05, 0) is 97.3 Å². The lowest BCUT2D eigenvalue weighted by atomic mass is 9.63. The Balaban J connectivity index is 1.54. The summed E-state index contributed by atoms with van der Waals surface area (Å²) in [5.41, 5.74) is 1.43. The van der Waals surface area contributed by atoms with Gasteiger partial charge in [0.2, 0.25) is 0 Å². The number of carbonyl (C=O) groups excluding carboxylic acids is 1. The number of hydrogen-bond acceptors (Lipinski definition) is 5. The molecule has 1 N–H and O–H groups in total. The molecule has 0 saturated carbocycles. The summed E-state index contributed by atoms with van der Waals surface area (Å²) in [5.74, 6) is 1.23. The summed E-state index contributed by atoms with van der Waals surface area (Å²) in [6.07, 6.45) is 6.59. The van der Waals surface area contributed by atoms with E-state index in [2.05, 4.69) is 26.8 Å². The van der Waals surface area contributed by atoms with Crippen LogP contribution in [0.3, 0.4) is 0 Å². The summed E-state index contributed by atoms with van der Waals surface area (Å²) >= 11 is 0. The minimum Gasteiger partial charge on any atom is -0.508 e. The van der Waals surface area contributed by atoms with Gasteiger partial charge in [-0.1, -0.05) is 11.6 Å². The van der Waals surface area contributed by atoms with Gasteiger partial charge in [0.1, 0.15) is 22.7 Å². The van der Waals surface area contributed by atoms with Crippen molar-refractivity contribution in [3.05, 3.63) is 35.4 Å². The van der Waals surface area contributed by atoms with Gasteiger partial charge in [0.05, 0.1) is 12.7 Å². The van der Waals surface area contributed by atoms with E-state index in [1.165, 1.54) is 5.57 Å². The van der Waals surface area contributed by atoms with Crippen molar-refractivity contribution in [1.82, 2.24) is 4.90 Å². The number of phenolic OH excluding ortho intramolecular Hbond substituents is 1. The van der Waals surface area contributed by atoms with E-state index in [-0.39, 0.29) is 34.9 Å². The normalized spacial score (nSPS) is 27.9. The molecule has 0 aromatic heterocycles. The van der Waals surface area contributed by atoms with Gasteiger partial charge >= 0.3 is 6.09 Å². The molecule has 0 unspecified atom stereocenters. The van der Waals surface area contributed by atoms with Gasteiger partial charge in [-0.25, -0.2) is 4.79 Å². The molecule has 0 radical (unpaired) electrons. The Bertz CT molecular complexity index is 937. The molecule has 6 heteroatoms. The van der Waals surface area contributed by atoms with Crippen LogP contribution >= 0.6 is 0 Å². The van der Waals surface area contributed by atoms with Gasteiger partial charge in [0.15, 0.2) is 0 Å². The first-order chi connectivity index (χ1) is 15.9. The number of carbonyl (C=O) groups is 1. The first-order valence-corrected chi connectivity index (χ1v) is 12.6. The third-order valence-corrected chi connectivity index (χ3v) is 7.68. The maximum Gasteiger partial charge on any atom is 0.410 e. The number of likely N-dealkylation sites (tertiary alicyclic amines) is 1. The first kappa shape index (κ1) is 24.9. The maximum atomic E-state index is 12.6. The van der Waals surface area contributed by atoms with Gasteiger partial charge < -0.3 is 24.2 Å². The molecule has 1 aromatic rings. The number of hydrogen-bond donors (Lipinski definition) is 1. The van der Waals surface area contributed by atoms with Crippen LogP contribution in [0.2, 0.25) is 0 Å². The SMILES string of the molecule is CC(C)=CCC[C@]1(C)Oc2ccc(O)cc2[C@H]2OCC3(CCN(C(=O)OC(C)(C)C)CC3)C[C@@H]21. The van der Waals surface area contributed by atoms with Crippen LogP contribution in [-0.2, 0) is 9.47 Å². The number of allylic oxidation sites excluding steroid dienone is 2. The van der Waals surface area contributed by atoms with E-state index >= 15 is 0 Å². The summed E-state index contributed by atoms with van der Waals surface area (Å²) in [4.78, 5) is 14.4. The molecule has 3 heterocycles. The van der Waals surface area contributed by atoms with E-state index in [0.29, 0.717) is 19.7 Å². The van der Waals surface area contributed by atoms with Crippen molar-refractivity contribution in [2.45, 2.75) is 91.0 Å². The third-order valence-electron chi connectivity index (χ3n) is 7.68. The zero-order chi connectivity index (χ0) is 24.7. The number of rotatable bonds is 3. The molecule has 34 heavy (non-hydrogen) atoms. The fourth-order valence-electron chi connectivity index (χ4n) is 5.76. The standard InChI is InChI=1S/C28H41NO5/c1-19(2)8-7-11-27(6)22-17-28(12-14-29(15-13-28)25(31)34-26(3,4)5)18-32-24(22)21-16-20(30)9-10-23(21)33-27/h8-10,16,22,24,30H,7,11-15,17-18H2,1-6H3/t22-,24+,27-/m0/s1. The van der Waals surface area contributed by atoms with Crippen molar-refractivity contribution in [3.8, 4) is 11.5 Å². The number of amides is 1. The van der Waals surface area contributed by atoms with E-state index in [0.717, 1.165) is 43.4 Å². The predicted molar refractivity (Wildman–Crippen MR) is 132 cm³/mol. The highest BCUT2D eigenvalue weighted by atomic mass is 16.6. The van der Waals surface area contributed by atoms with Crippen LogP contribution < -0.4 is 4.74 Å². The van der Waals surface area contributed by atoms with E-state index < -0.39 is 5.60 Å². The highest BCUT2D eigenvalue weighted by molar-refractivity contribution is 5.68. The van der Waals surface area contributed by atoms with Crippen LogP contribution in [0.1, 0.15) is 85.3 Å². The van der Waals surface area contributed by atoms with Crippen LogP contribution in [-0.4, -0.2) is 47.0 Å². The number of phenols is 1. The van der Waals surface area contributed by atoms with Crippen molar-refractivity contribution in [2.24, 2.45) is 11.3 Å². The average Bonchev–Trinajstić information content (AvgIpc) is 2.74. The summed E-state index contributed by atoms with van der Waals surface area (Å²) in [6, 6.07) is 5.35. The average molecular weight is 472 g/mol. The molecule has 1 spiro atoms. The third kappa shape index (κ3) is 5.22. The zero-order valence-corrected chi connectivity index (χ0v) is 21.6. The highest BCUT2D eigenvalue weighted by Gasteiger charge is 2.54. The van der Waals surface area contributed by atoms with Gasteiger partial charge in [0, 0.05) is 24.6 Å². The Kier molecular flexibility index (Phi) is 6.67. The number of piperidine rings is 1. The molecule has 2 fully saturated rings. The molecule has 3 aliphatic heterocycles. The number of aromatic hydroxyl groups is 1. The minimum atomic E-state index is -0.487. The lowest BCUT2D eigenvalue weighted by Gasteiger charge is -2.55. The highest BCUT2D eigenvalue weighted by Crippen LogP contribution is 2.57. The predicted octanol–water partition coefficient (Wildman–Crippen LogP) is 6.38. The van der Waals surface area contributed by atoms with Crippen LogP contribution in [0.25, 0.3) is 0 Å². The smallest absolute Gasteiger partial charge is 0.410 e.